The smallest absolute Gasteiger partial charge is 0.150 e. The molecule has 0 saturated heterocycles. The third-order valence-electron chi connectivity index (χ3n) is 2.89. The van der Waals surface area contributed by atoms with Crippen molar-refractivity contribution in [2.75, 3.05) is 12.4 Å². The molecule has 3 nitrogen and oxygen atoms in total. The van der Waals surface area contributed by atoms with Gasteiger partial charge in [0.05, 0.1) is 11.1 Å². The summed E-state index contributed by atoms with van der Waals surface area (Å²) < 4.78 is 6.06. The Kier molecular flexibility index (Phi) is 6.99. The molecule has 1 aromatic heterocycles. The predicted octanol–water partition coefficient (Wildman–Crippen LogP) is 4.57. The van der Waals surface area contributed by atoms with E-state index in [9.17, 15) is 0 Å². The molecule has 2 N–H and O–H groups in total. The number of halogens is 1. The maximum absolute atomic E-state index is 6.32. The first kappa shape index (κ1) is 17.0. The summed E-state index contributed by atoms with van der Waals surface area (Å²) >= 11 is 11.6. The molecule has 0 aliphatic rings. The lowest BCUT2D eigenvalue weighted by Gasteiger charge is -2.23. The Bertz CT molecular complexity index is 539. The minimum absolute atomic E-state index is 0.189. The number of aromatic nitrogens is 1. The highest BCUT2D eigenvalue weighted by atomic mass is 35.5. The van der Waals surface area contributed by atoms with E-state index in [0.29, 0.717) is 4.64 Å². The quantitative estimate of drug-likeness (QED) is 0.335. The number of allylic oxidation sites excluding steroid dienone is 2. The number of methoxy groups -OCH3 is 1. The van der Waals surface area contributed by atoms with Gasteiger partial charge < -0.3 is 15.0 Å². The second-order valence-corrected chi connectivity index (χ2v) is 5.46. The fourth-order valence-electron chi connectivity index (χ4n) is 1.71. The van der Waals surface area contributed by atoms with Gasteiger partial charge in [-0.2, -0.15) is 0 Å². The molecular formula is C15H21ClN2OS. The first-order valence-corrected chi connectivity index (χ1v) is 7.26. The van der Waals surface area contributed by atoms with Crippen molar-refractivity contribution in [3.8, 4) is 0 Å². The van der Waals surface area contributed by atoms with Gasteiger partial charge in [0.2, 0.25) is 0 Å². The molecule has 0 aliphatic heterocycles. The van der Waals surface area contributed by atoms with Gasteiger partial charge >= 0.3 is 0 Å². The van der Waals surface area contributed by atoms with E-state index in [-0.39, 0.29) is 11.6 Å². The molecule has 1 aromatic rings. The van der Waals surface area contributed by atoms with Crippen LogP contribution in [0.15, 0.2) is 36.6 Å². The van der Waals surface area contributed by atoms with Crippen LogP contribution in [0.5, 0.6) is 0 Å². The summed E-state index contributed by atoms with van der Waals surface area (Å²) in [4.78, 5) is 3.02. The van der Waals surface area contributed by atoms with Crippen molar-refractivity contribution in [2.45, 2.75) is 31.9 Å². The van der Waals surface area contributed by atoms with E-state index in [1.807, 2.05) is 38.3 Å². The second-order valence-electron chi connectivity index (χ2n) is 4.53. The van der Waals surface area contributed by atoms with Crippen LogP contribution in [0.4, 0.5) is 5.69 Å². The number of rotatable bonds is 7. The van der Waals surface area contributed by atoms with Crippen molar-refractivity contribution >= 4 is 29.5 Å². The molecule has 0 fully saturated rings. The van der Waals surface area contributed by atoms with Crippen LogP contribution in [-0.4, -0.2) is 23.7 Å². The average Bonchev–Trinajstić information content (AvgIpc) is 2.44. The maximum atomic E-state index is 6.32. The van der Waals surface area contributed by atoms with Crippen LogP contribution in [0.3, 0.4) is 0 Å². The molecule has 0 bridgehead atoms. The molecule has 1 rings (SSSR count). The van der Waals surface area contributed by atoms with Gasteiger partial charge in [0, 0.05) is 13.3 Å². The number of hydrogen-bond donors (Lipinski definition) is 2. The van der Waals surface area contributed by atoms with Crippen molar-refractivity contribution < 1.29 is 4.74 Å². The Labute approximate surface area is 130 Å². The van der Waals surface area contributed by atoms with E-state index in [4.69, 9.17) is 28.6 Å². The van der Waals surface area contributed by atoms with Gasteiger partial charge in [-0.05, 0) is 37.5 Å². The minimum atomic E-state index is -0.375. The Morgan fingerprint density at radius 1 is 1.65 bits per heavy atom. The zero-order chi connectivity index (χ0) is 15.1. The lowest BCUT2D eigenvalue weighted by Crippen LogP contribution is -2.28. The minimum Gasteiger partial charge on any atom is -0.358 e. The largest absolute Gasteiger partial charge is 0.358 e. The summed E-state index contributed by atoms with van der Waals surface area (Å²) in [6.07, 6.45) is 6.18. The monoisotopic (exact) mass is 312 g/mol. The molecule has 2 unspecified atom stereocenters. The van der Waals surface area contributed by atoms with Crippen LogP contribution in [0.25, 0.3) is 0 Å². The van der Waals surface area contributed by atoms with Crippen molar-refractivity contribution in [1.29, 1.82) is 0 Å². The molecule has 20 heavy (non-hydrogen) atoms. The molecule has 0 saturated carbocycles. The van der Waals surface area contributed by atoms with Crippen molar-refractivity contribution in [2.24, 2.45) is 0 Å². The Morgan fingerprint density at radius 2 is 2.35 bits per heavy atom. The summed E-state index contributed by atoms with van der Waals surface area (Å²) in [6, 6.07) is 1.97. The van der Waals surface area contributed by atoms with Gasteiger partial charge in [-0.3, -0.25) is 0 Å². The number of aryl methyl sites for hydroxylation is 1. The molecule has 0 spiro atoms. The maximum Gasteiger partial charge on any atom is 0.150 e. The first-order chi connectivity index (χ1) is 9.49. The Balaban J connectivity index is 2.83. The zero-order valence-electron chi connectivity index (χ0n) is 12.1. The predicted molar refractivity (Wildman–Crippen MR) is 89.0 cm³/mol. The van der Waals surface area contributed by atoms with Gasteiger partial charge in [0.25, 0.3) is 0 Å². The van der Waals surface area contributed by atoms with Gasteiger partial charge in [0.1, 0.15) is 4.64 Å². The normalized spacial score (nSPS) is 14.2. The molecule has 0 radical (unpaired) electrons. The van der Waals surface area contributed by atoms with Crippen molar-refractivity contribution in [3.05, 3.63) is 46.8 Å². The Hall–Kier alpha value is -1.10. The summed E-state index contributed by atoms with van der Waals surface area (Å²) in [5, 5.41) is 3.04. The average molecular weight is 313 g/mol. The van der Waals surface area contributed by atoms with Crippen molar-refractivity contribution in [1.82, 2.24) is 4.98 Å². The third-order valence-corrected chi connectivity index (χ3v) is 3.68. The molecule has 0 aliphatic carbocycles. The highest BCUT2D eigenvalue weighted by molar-refractivity contribution is 7.71. The fraction of sp³-hybridized carbons (Fsp3) is 0.400. The van der Waals surface area contributed by atoms with Gasteiger partial charge in [-0.25, -0.2) is 0 Å². The third kappa shape index (κ3) is 4.78. The van der Waals surface area contributed by atoms with E-state index < -0.39 is 0 Å². The number of aromatic amines is 1. The van der Waals surface area contributed by atoms with E-state index >= 15 is 0 Å². The molecule has 5 heteroatoms. The van der Waals surface area contributed by atoms with E-state index in [2.05, 4.69) is 16.9 Å². The topological polar surface area (TPSA) is 37.0 Å². The molecule has 2 atom stereocenters. The number of pyridine rings is 1. The van der Waals surface area contributed by atoms with Crippen LogP contribution >= 0.6 is 23.8 Å². The van der Waals surface area contributed by atoms with Crippen LogP contribution in [-0.2, 0) is 4.74 Å². The molecule has 0 amide bonds. The van der Waals surface area contributed by atoms with Gasteiger partial charge in [-0.1, -0.05) is 30.9 Å². The SMILES string of the molecule is C=C(C(Cl)C/C=C\C)C(Nc1cc(C)c[nH]c1=S)OC. The van der Waals surface area contributed by atoms with Gasteiger partial charge in [-0.15, -0.1) is 11.6 Å². The standard InChI is InChI=1S/C15H21ClN2OS/c1-5-6-7-12(16)11(3)14(19-4)18-13-8-10(2)9-17-15(13)20/h5-6,8-9,12,14,18H,3,7H2,1-2,4H3,(H,17,20)/b6-5-. The number of nitrogens with one attached hydrogen (secondary N) is 2. The van der Waals surface area contributed by atoms with Gasteiger partial charge in [0.15, 0.2) is 6.23 Å². The first-order valence-electron chi connectivity index (χ1n) is 6.42. The highest BCUT2D eigenvalue weighted by Gasteiger charge is 2.18. The summed E-state index contributed by atoms with van der Waals surface area (Å²) in [5.41, 5.74) is 2.67. The van der Waals surface area contributed by atoms with Crippen LogP contribution in [0.1, 0.15) is 18.9 Å². The number of anilines is 1. The molecule has 110 valence electrons. The number of ether oxygens (including phenoxy) is 1. The summed E-state index contributed by atoms with van der Waals surface area (Å²) in [6.45, 7) is 7.98. The number of alkyl halides is 1. The van der Waals surface area contributed by atoms with Crippen LogP contribution < -0.4 is 5.32 Å². The van der Waals surface area contributed by atoms with Crippen molar-refractivity contribution in [3.63, 3.8) is 0 Å². The summed E-state index contributed by atoms with van der Waals surface area (Å²) in [7, 11) is 1.62. The van der Waals surface area contributed by atoms with Crippen LogP contribution in [0, 0.1) is 11.6 Å². The van der Waals surface area contributed by atoms with E-state index in [0.717, 1.165) is 23.2 Å². The zero-order valence-corrected chi connectivity index (χ0v) is 13.6. The lowest BCUT2D eigenvalue weighted by molar-refractivity contribution is 0.151. The molecule has 1 heterocycles. The lowest BCUT2D eigenvalue weighted by atomic mass is 10.1. The number of H-pyrrole nitrogens is 1. The second kappa shape index (κ2) is 8.25. The van der Waals surface area contributed by atoms with E-state index in [1.54, 1.807) is 7.11 Å². The number of hydrogen-bond acceptors (Lipinski definition) is 3. The highest BCUT2D eigenvalue weighted by Crippen LogP contribution is 2.21. The molecule has 0 aromatic carbocycles. The van der Waals surface area contributed by atoms with Crippen LogP contribution in [0.2, 0.25) is 0 Å². The Morgan fingerprint density at radius 3 is 2.95 bits per heavy atom. The fourth-order valence-corrected chi connectivity index (χ4v) is 2.11. The summed E-state index contributed by atoms with van der Waals surface area (Å²) in [5.74, 6) is 0. The molecular weight excluding hydrogens is 292 g/mol. The van der Waals surface area contributed by atoms with E-state index in [1.165, 1.54) is 0 Å².